The van der Waals surface area contributed by atoms with Crippen molar-refractivity contribution in [2.24, 2.45) is 0 Å². The predicted molar refractivity (Wildman–Crippen MR) is 81.8 cm³/mol. The molecule has 0 saturated heterocycles. The van der Waals surface area contributed by atoms with E-state index in [0.29, 0.717) is 12.2 Å². The van der Waals surface area contributed by atoms with Crippen LogP contribution in [0.1, 0.15) is 16.1 Å². The van der Waals surface area contributed by atoms with Crippen molar-refractivity contribution in [1.29, 1.82) is 0 Å². The average Bonchev–Trinajstić information content (AvgIpc) is 2.93. The average molecular weight is 274 g/mol. The molecule has 0 saturated carbocycles. The number of carbonyl (C=O) groups excluding carboxylic acids is 1. The van der Waals surface area contributed by atoms with Gasteiger partial charge in [0.1, 0.15) is 11.5 Å². The molecule has 3 heteroatoms. The fraction of sp³-hybridized carbons (Fsp3) is 0.0556. The third-order valence-electron chi connectivity index (χ3n) is 3.32. The van der Waals surface area contributed by atoms with Gasteiger partial charge in [0.15, 0.2) is 5.78 Å². The standard InChI is InChI=1S/C18H14N2O/c1-14(21)17-12-19-18(16-10-6-3-7-11-16)20(17)13-15-8-4-2-5-9-15/h1-12H,13H2. The summed E-state index contributed by atoms with van der Waals surface area (Å²) in [6.07, 6.45) is 1.54. The first-order valence-electron chi connectivity index (χ1n) is 6.70. The summed E-state index contributed by atoms with van der Waals surface area (Å²) in [5.74, 6) is 0.272. The molecule has 21 heavy (non-hydrogen) atoms. The zero-order valence-electron chi connectivity index (χ0n) is 11.4. The fourth-order valence-electron chi connectivity index (χ4n) is 2.32. The molecule has 2 aromatic carbocycles. The summed E-state index contributed by atoms with van der Waals surface area (Å²) in [6.45, 7) is 6.02. The maximum Gasteiger partial charge on any atom is 0.185 e. The van der Waals surface area contributed by atoms with Crippen LogP contribution in [0.5, 0.6) is 0 Å². The van der Waals surface area contributed by atoms with Crippen molar-refractivity contribution in [1.82, 2.24) is 9.55 Å². The highest BCUT2D eigenvalue weighted by Gasteiger charge is 2.15. The summed E-state index contributed by atoms with van der Waals surface area (Å²) in [5.41, 5.74) is 2.47. The van der Waals surface area contributed by atoms with Crippen LogP contribution in [0.3, 0.4) is 0 Å². The molecule has 0 spiro atoms. The lowest BCUT2D eigenvalue weighted by atomic mass is 10.2. The van der Waals surface area contributed by atoms with E-state index in [9.17, 15) is 4.79 Å². The number of carbonyl (C=O) groups is 1. The molecule has 0 amide bonds. The van der Waals surface area contributed by atoms with E-state index in [2.05, 4.69) is 4.98 Å². The fourth-order valence-corrected chi connectivity index (χ4v) is 2.32. The lowest BCUT2D eigenvalue weighted by molar-refractivity contribution is 0.103. The molecule has 1 aromatic heterocycles. The quantitative estimate of drug-likeness (QED) is 0.683. The van der Waals surface area contributed by atoms with E-state index in [1.54, 1.807) is 0 Å². The molecular formula is C18H14N2O. The van der Waals surface area contributed by atoms with E-state index in [1.165, 1.54) is 6.20 Å². The summed E-state index contributed by atoms with van der Waals surface area (Å²) < 4.78 is 1.85. The molecule has 3 nitrogen and oxygen atoms in total. The molecule has 0 fully saturated rings. The number of ketones is 1. The first-order chi connectivity index (χ1) is 10.3. The van der Waals surface area contributed by atoms with Crippen molar-refractivity contribution in [2.45, 2.75) is 6.54 Å². The summed E-state index contributed by atoms with van der Waals surface area (Å²) in [7, 11) is 0. The number of nitrogens with zero attached hydrogens (tertiary/aromatic N) is 2. The van der Waals surface area contributed by atoms with Crippen molar-refractivity contribution < 1.29 is 4.79 Å². The highest BCUT2D eigenvalue weighted by Crippen LogP contribution is 2.21. The van der Waals surface area contributed by atoms with Crippen LogP contribution < -0.4 is 0 Å². The van der Waals surface area contributed by atoms with Crippen molar-refractivity contribution in [3.8, 4) is 11.4 Å². The maximum atomic E-state index is 11.6. The van der Waals surface area contributed by atoms with Gasteiger partial charge in [-0.2, -0.15) is 0 Å². The molecule has 102 valence electrons. The van der Waals surface area contributed by atoms with Crippen molar-refractivity contribution in [3.05, 3.63) is 85.0 Å². The molecule has 0 bridgehead atoms. The molecule has 0 aliphatic heterocycles. The van der Waals surface area contributed by atoms with Gasteiger partial charge in [-0.1, -0.05) is 60.7 Å². The largest absolute Gasteiger partial charge is 0.317 e. The number of aromatic nitrogens is 2. The van der Waals surface area contributed by atoms with E-state index in [1.807, 2.05) is 65.2 Å². The van der Waals surface area contributed by atoms with Crippen molar-refractivity contribution in [2.75, 3.05) is 0 Å². The van der Waals surface area contributed by atoms with Gasteiger partial charge in [0.2, 0.25) is 0 Å². The second kappa shape index (κ2) is 5.75. The van der Waals surface area contributed by atoms with Gasteiger partial charge in [0.05, 0.1) is 6.20 Å². The molecule has 0 aliphatic rings. The SMILES string of the molecule is [CH]C(=O)c1cnc(-c2ccccc2)n1Cc1ccccc1. The van der Waals surface area contributed by atoms with E-state index in [-0.39, 0.29) is 0 Å². The normalized spacial score (nSPS) is 10.5. The van der Waals surface area contributed by atoms with Gasteiger partial charge in [-0.05, 0) is 5.56 Å². The van der Waals surface area contributed by atoms with Crippen LogP contribution in [0, 0.1) is 6.92 Å². The Morgan fingerprint density at radius 2 is 1.62 bits per heavy atom. The van der Waals surface area contributed by atoms with Crippen LogP contribution in [0.15, 0.2) is 66.9 Å². The number of Topliss-reactive ketones (excluding diaryl/α,β-unsaturated/α-hetero) is 1. The Kier molecular flexibility index (Phi) is 3.65. The first kappa shape index (κ1) is 13.3. The Labute approximate surface area is 123 Å². The number of benzene rings is 2. The Bertz CT molecular complexity index is 745. The Morgan fingerprint density at radius 1 is 1.00 bits per heavy atom. The third kappa shape index (κ3) is 2.77. The summed E-state index contributed by atoms with van der Waals surface area (Å²) in [4.78, 5) is 16.0. The van der Waals surface area contributed by atoms with Gasteiger partial charge in [-0.3, -0.25) is 4.79 Å². The number of hydrogen-bond acceptors (Lipinski definition) is 2. The summed E-state index contributed by atoms with van der Waals surface area (Å²) in [5, 5.41) is 0. The van der Waals surface area contributed by atoms with Gasteiger partial charge in [-0.25, -0.2) is 4.98 Å². The van der Waals surface area contributed by atoms with Gasteiger partial charge in [0, 0.05) is 19.0 Å². The van der Waals surface area contributed by atoms with E-state index < -0.39 is 5.78 Å². The first-order valence-corrected chi connectivity index (χ1v) is 6.70. The maximum absolute atomic E-state index is 11.6. The third-order valence-corrected chi connectivity index (χ3v) is 3.32. The van der Waals surface area contributed by atoms with Gasteiger partial charge < -0.3 is 4.57 Å². The van der Waals surface area contributed by atoms with Gasteiger partial charge in [0.25, 0.3) is 0 Å². The smallest absolute Gasteiger partial charge is 0.185 e. The van der Waals surface area contributed by atoms with Crippen LogP contribution in [-0.4, -0.2) is 15.3 Å². The molecule has 2 radical (unpaired) electrons. The van der Waals surface area contributed by atoms with E-state index in [0.717, 1.165) is 17.0 Å². The van der Waals surface area contributed by atoms with Gasteiger partial charge >= 0.3 is 0 Å². The minimum Gasteiger partial charge on any atom is -0.317 e. The topological polar surface area (TPSA) is 34.9 Å². The molecule has 3 aromatic rings. The zero-order chi connectivity index (χ0) is 14.7. The number of rotatable bonds is 4. The second-order valence-electron chi connectivity index (χ2n) is 4.77. The molecule has 0 unspecified atom stereocenters. The number of imidazole rings is 1. The second-order valence-corrected chi connectivity index (χ2v) is 4.77. The minimum absolute atomic E-state index is 0.415. The van der Waals surface area contributed by atoms with Crippen LogP contribution in [0.25, 0.3) is 11.4 Å². The van der Waals surface area contributed by atoms with Crippen LogP contribution in [0.4, 0.5) is 0 Å². The van der Waals surface area contributed by atoms with E-state index in [4.69, 9.17) is 6.92 Å². The lowest BCUT2D eigenvalue weighted by Gasteiger charge is -2.11. The molecule has 0 atom stereocenters. The summed E-state index contributed by atoms with van der Waals surface area (Å²) >= 11 is 0. The van der Waals surface area contributed by atoms with Crippen LogP contribution in [-0.2, 0) is 6.54 Å². The van der Waals surface area contributed by atoms with Crippen LogP contribution >= 0.6 is 0 Å². The molecule has 0 aliphatic carbocycles. The Morgan fingerprint density at radius 3 is 2.24 bits per heavy atom. The molecule has 0 N–H and O–H groups in total. The van der Waals surface area contributed by atoms with E-state index >= 15 is 0 Å². The lowest BCUT2D eigenvalue weighted by Crippen LogP contribution is -2.09. The Balaban J connectivity index is 2.08. The minimum atomic E-state index is -0.472. The monoisotopic (exact) mass is 274 g/mol. The van der Waals surface area contributed by atoms with Crippen molar-refractivity contribution in [3.63, 3.8) is 0 Å². The highest BCUT2D eigenvalue weighted by atomic mass is 16.1. The summed E-state index contributed by atoms with van der Waals surface area (Å²) in [6, 6.07) is 19.7. The highest BCUT2D eigenvalue weighted by molar-refractivity contribution is 5.98. The zero-order valence-corrected chi connectivity index (χ0v) is 11.4. The molecule has 1 heterocycles. The van der Waals surface area contributed by atoms with Crippen molar-refractivity contribution >= 4 is 5.78 Å². The Hall–Kier alpha value is -2.68. The molecule has 3 rings (SSSR count). The molecular weight excluding hydrogens is 260 g/mol. The predicted octanol–water partition coefficient (Wildman–Crippen LogP) is 3.49. The van der Waals surface area contributed by atoms with Crippen LogP contribution in [0.2, 0.25) is 0 Å². The number of hydrogen-bond donors (Lipinski definition) is 0. The van der Waals surface area contributed by atoms with Gasteiger partial charge in [-0.15, -0.1) is 0 Å².